The Labute approximate surface area is 118 Å². The SMILES string of the molecule is O=C(O)CCN(Cc1cc(=O)n2ncsc2n1)C1CC1. The topological polar surface area (TPSA) is 87.8 Å². The van der Waals surface area contributed by atoms with Crippen LogP contribution in [0.1, 0.15) is 25.0 Å². The number of fused-ring (bicyclic) bond motifs is 1. The van der Waals surface area contributed by atoms with Crippen LogP contribution in [-0.2, 0) is 11.3 Å². The van der Waals surface area contributed by atoms with Crippen LogP contribution in [0.2, 0.25) is 0 Å². The Balaban J connectivity index is 1.79. The van der Waals surface area contributed by atoms with Crippen LogP contribution in [0, 0.1) is 0 Å². The molecule has 2 heterocycles. The second kappa shape index (κ2) is 5.29. The van der Waals surface area contributed by atoms with E-state index in [1.807, 2.05) is 0 Å². The summed E-state index contributed by atoms with van der Waals surface area (Å²) < 4.78 is 1.27. The standard InChI is InChI=1S/C12H14N4O3S/c17-10-5-8(14-12-16(10)13-7-20-12)6-15(9-1-2-9)4-3-11(18)19/h5,7,9H,1-4,6H2,(H,18,19). The minimum absolute atomic E-state index is 0.109. The van der Waals surface area contributed by atoms with Crippen LogP contribution in [0.25, 0.3) is 4.96 Å². The Morgan fingerprint density at radius 3 is 3.05 bits per heavy atom. The molecule has 0 aliphatic heterocycles. The molecule has 1 fully saturated rings. The van der Waals surface area contributed by atoms with E-state index in [0.717, 1.165) is 12.8 Å². The second-order valence-electron chi connectivity index (χ2n) is 4.86. The number of carbonyl (C=O) groups is 1. The summed E-state index contributed by atoms with van der Waals surface area (Å²) in [5.41, 5.74) is 2.06. The maximum absolute atomic E-state index is 11.8. The van der Waals surface area contributed by atoms with Crippen LogP contribution < -0.4 is 5.56 Å². The highest BCUT2D eigenvalue weighted by molar-refractivity contribution is 7.14. The minimum atomic E-state index is -0.804. The summed E-state index contributed by atoms with van der Waals surface area (Å²) in [4.78, 5) is 29.6. The number of nitrogens with zero attached hydrogens (tertiary/aromatic N) is 4. The van der Waals surface area contributed by atoms with E-state index in [-0.39, 0.29) is 12.0 Å². The van der Waals surface area contributed by atoms with Crippen LogP contribution in [-0.4, -0.2) is 43.2 Å². The molecule has 0 unspecified atom stereocenters. The van der Waals surface area contributed by atoms with Gasteiger partial charge in [-0.15, -0.1) is 0 Å². The van der Waals surface area contributed by atoms with Gasteiger partial charge in [-0.3, -0.25) is 14.5 Å². The van der Waals surface area contributed by atoms with Crippen molar-refractivity contribution in [2.24, 2.45) is 0 Å². The van der Waals surface area contributed by atoms with Gasteiger partial charge in [0.2, 0.25) is 4.96 Å². The molecule has 0 radical (unpaired) electrons. The molecule has 7 nitrogen and oxygen atoms in total. The summed E-state index contributed by atoms with van der Waals surface area (Å²) >= 11 is 1.31. The van der Waals surface area contributed by atoms with E-state index in [2.05, 4.69) is 15.0 Å². The lowest BCUT2D eigenvalue weighted by molar-refractivity contribution is -0.137. The van der Waals surface area contributed by atoms with Gasteiger partial charge in [0, 0.05) is 25.2 Å². The summed E-state index contributed by atoms with van der Waals surface area (Å²) in [6.07, 6.45) is 2.28. The smallest absolute Gasteiger partial charge is 0.304 e. The van der Waals surface area contributed by atoms with Crippen molar-refractivity contribution in [1.29, 1.82) is 0 Å². The van der Waals surface area contributed by atoms with Crippen molar-refractivity contribution in [3.63, 3.8) is 0 Å². The normalized spacial score (nSPS) is 15.1. The van der Waals surface area contributed by atoms with E-state index < -0.39 is 5.97 Å². The maximum Gasteiger partial charge on any atom is 0.304 e. The lowest BCUT2D eigenvalue weighted by atomic mass is 10.3. The van der Waals surface area contributed by atoms with E-state index in [9.17, 15) is 9.59 Å². The molecule has 0 spiro atoms. The molecule has 8 heteroatoms. The first-order valence-corrected chi connectivity index (χ1v) is 7.30. The number of rotatable bonds is 6. The molecule has 0 bridgehead atoms. The molecular weight excluding hydrogens is 280 g/mol. The number of aromatic nitrogens is 3. The van der Waals surface area contributed by atoms with Crippen LogP contribution >= 0.6 is 11.3 Å². The number of aliphatic carboxylic acids is 1. The molecular formula is C12H14N4O3S. The van der Waals surface area contributed by atoms with Crippen molar-refractivity contribution in [1.82, 2.24) is 19.5 Å². The Morgan fingerprint density at radius 2 is 2.35 bits per heavy atom. The van der Waals surface area contributed by atoms with Gasteiger partial charge in [0.1, 0.15) is 5.51 Å². The van der Waals surface area contributed by atoms with E-state index in [1.165, 1.54) is 21.9 Å². The lowest BCUT2D eigenvalue weighted by Gasteiger charge is -2.20. The highest BCUT2D eigenvalue weighted by Gasteiger charge is 2.29. The van der Waals surface area contributed by atoms with Gasteiger partial charge in [-0.05, 0) is 12.8 Å². The third-order valence-electron chi connectivity index (χ3n) is 3.28. The Bertz CT molecular complexity index is 691. The van der Waals surface area contributed by atoms with Gasteiger partial charge in [-0.1, -0.05) is 11.3 Å². The summed E-state index contributed by atoms with van der Waals surface area (Å²) in [7, 11) is 0. The second-order valence-corrected chi connectivity index (χ2v) is 5.68. The van der Waals surface area contributed by atoms with Crippen LogP contribution in [0.15, 0.2) is 16.4 Å². The molecule has 2 aromatic heterocycles. The number of carboxylic acids is 1. The van der Waals surface area contributed by atoms with Crippen molar-refractivity contribution in [3.8, 4) is 0 Å². The summed E-state index contributed by atoms with van der Waals surface area (Å²) in [6.45, 7) is 1.01. The molecule has 106 valence electrons. The van der Waals surface area contributed by atoms with Crippen molar-refractivity contribution >= 4 is 22.3 Å². The number of carboxylic acid groups (broad SMARTS) is 1. The van der Waals surface area contributed by atoms with E-state index in [1.54, 1.807) is 5.51 Å². The molecule has 1 saturated carbocycles. The van der Waals surface area contributed by atoms with Gasteiger partial charge < -0.3 is 5.11 Å². The zero-order valence-electron chi connectivity index (χ0n) is 10.7. The molecule has 1 N–H and O–H groups in total. The van der Waals surface area contributed by atoms with Gasteiger partial charge in [0.25, 0.3) is 5.56 Å². The van der Waals surface area contributed by atoms with Gasteiger partial charge in [-0.2, -0.15) is 9.61 Å². The van der Waals surface area contributed by atoms with Gasteiger partial charge >= 0.3 is 5.97 Å². The highest BCUT2D eigenvalue weighted by atomic mass is 32.1. The quantitative estimate of drug-likeness (QED) is 0.839. The third kappa shape index (κ3) is 2.86. The summed E-state index contributed by atoms with van der Waals surface area (Å²) in [6, 6.07) is 1.90. The van der Waals surface area contributed by atoms with Crippen molar-refractivity contribution in [2.45, 2.75) is 31.8 Å². The van der Waals surface area contributed by atoms with Gasteiger partial charge in [-0.25, -0.2) is 4.98 Å². The molecule has 20 heavy (non-hydrogen) atoms. The first-order chi connectivity index (χ1) is 9.63. The summed E-state index contributed by atoms with van der Waals surface area (Å²) in [5, 5.41) is 12.7. The molecule has 3 rings (SSSR count). The Hall–Kier alpha value is -1.80. The van der Waals surface area contributed by atoms with Crippen molar-refractivity contribution in [3.05, 3.63) is 27.6 Å². The van der Waals surface area contributed by atoms with Crippen molar-refractivity contribution < 1.29 is 9.90 Å². The van der Waals surface area contributed by atoms with E-state index >= 15 is 0 Å². The van der Waals surface area contributed by atoms with E-state index in [0.29, 0.717) is 29.8 Å². The van der Waals surface area contributed by atoms with E-state index in [4.69, 9.17) is 5.11 Å². The van der Waals surface area contributed by atoms with Crippen molar-refractivity contribution in [2.75, 3.05) is 6.54 Å². The van der Waals surface area contributed by atoms with Gasteiger partial charge in [0.05, 0.1) is 12.1 Å². The van der Waals surface area contributed by atoms with Crippen LogP contribution in [0.5, 0.6) is 0 Å². The molecule has 0 saturated heterocycles. The average Bonchev–Trinajstić information content (AvgIpc) is 3.12. The molecule has 0 aromatic carbocycles. The highest BCUT2D eigenvalue weighted by Crippen LogP contribution is 2.28. The maximum atomic E-state index is 11.8. The molecule has 1 aliphatic carbocycles. The molecule has 0 atom stereocenters. The predicted octanol–water partition coefficient (Wildman–Crippen LogP) is 0.590. The number of hydrogen-bond acceptors (Lipinski definition) is 6. The average molecular weight is 294 g/mol. The fraction of sp³-hybridized carbons (Fsp3) is 0.500. The largest absolute Gasteiger partial charge is 0.481 e. The predicted molar refractivity (Wildman–Crippen MR) is 72.8 cm³/mol. The molecule has 0 amide bonds. The zero-order valence-corrected chi connectivity index (χ0v) is 11.5. The summed E-state index contributed by atoms with van der Waals surface area (Å²) in [5.74, 6) is -0.804. The third-order valence-corrected chi connectivity index (χ3v) is 3.96. The van der Waals surface area contributed by atoms with Crippen LogP contribution in [0.4, 0.5) is 0 Å². The molecule has 1 aliphatic rings. The fourth-order valence-electron chi connectivity index (χ4n) is 2.16. The Kier molecular flexibility index (Phi) is 3.49. The first-order valence-electron chi connectivity index (χ1n) is 6.42. The minimum Gasteiger partial charge on any atom is -0.481 e. The monoisotopic (exact) mass is 294 g/mol. The first kappa shape index (κ1) is 13.2. The zero-order chi connectivity index (χ0) is 14.1. The number of hydrogen-bond donors (Lipinski definition) is 1. The fourth-order valence-corrected chi connectivity index (χ4v) is 2.80. The lowest BCUT2D eigenvalue weighted by Crippen LogP contribution is -2.29. The van der Waals surface area contributed by atoms with Crippen LogP contribution in [0.3, 0.4) is 0 Å². The Morgan fingerprint density at radius 1 is 1.55 bits per heavy atom. The van der Waals surface area contributed by atoms with Gasteiger partial charge in [0.15, 0.2) is 0 Å². The molecule has 2 aromatic rings.